The van der Waals surface area contributed by atoms with Crippen LogP contribution >= 0.6 is 7.37 Å². The number of carbonyl (C=O) groups is 1. The average Bonchev–Trinajstić information content (AvgIpc) is 3.08. The summed E-state index contributed by atoms with van der Waals surface area (Å²) in [5.74, 6) is -1.16. The summed E-state index contributed by atoms with van der Waals surface area (Å²) in [6.07, 6.45) is 1.49. The number of aromatic amines is 1. The molecule has 0 saturated heterocycles. The number of imidazole rings is 1. The number of ether oxygens (including phenoxy) is 2. The fraction of sp³-hybridized carbons (Fsp3) is 0.625. The number of carboxylic acids is 1. The van der Waals surface area contributed by atoms with Crippen LogP contribution in [0, 0.1) is 0 Å². The number of carboxylic acid groups (broad SMARTS) is 1. The first-order chi connectivity index (χ1) is 13.8. The van der Waals surface area contributed by atoms with Gasteiger partial charge in [-0.05, 0) is 6.42 Å². The second kappa shape index (κ2) is 12.3. The highest BCUT2D eigenvalue weighted by Crippen LogP contribution is 2.46. The van der Waals surface area contributed by atoms with Crippen molar-refractivity contribution in [1.82, 2.24) is 19.5 Å². The van der Waals surface area contributed by atoms with Gasteiger partial charge in [0.25, 0.3) is 5.56 Å². The zero-order valence-electron chi connectivity index (χ0n) is 16.8. The summed E-state index contributed by atoms with van der Waals surface area (Å²) < 4.78 is 29.3. The van der Waals surface area contributed by atoms with Crippen molar-refractivity contribution in [2.75, 3.05) is 45.0 Å². The SMILES string of the molecule is CC.COP(=O)(CCCOCCOCn1cnc2c(=O)[nH]c(N)nc21)CC(=O)O. The maximum Gasteiger partial charge on any atom is 0.313 e. The third-order valence-electron chi connectivity index (χ3n) is 3.59. The van der Waals surface area contributed by atoms with Gasteiger partial charge in [-0.1, -0.05) is 13.8 Å². The maximum atomic E-state index is 12.1. The highest BCUT2D eigenvalue weighted by molar-refractivity contribution is 7.59. The van der Waals surface area contributed by atoms with Crippen molar-refractivity contribution in [3.8, 4) is 0 Å². The van der Waals surface area contributed by atoms with E-state index in [1.54, 1.807) is 4.57 Å². The number of nitrogens with two attached hydrogens (primary N) is 1. The van der Waals surface area contributed by atoms with E-state index in [1.165, 1.54) is 13.4 Å². The van der Waals surface area contributed by atoms with Crippen molar-refractivity contribution < 1.29 is 28.5 Å². The van der Waals surface area contributed by atoms with Crippen LogP contribution in [0.2, 0.25) is 0 Å². The average molecular weight is 433 g/mol. The lowest BCUT2D eigenvalue weighted by Gasteiger charge is -2.13. The molecule has 13 heteroatoms. The molecule has 0 aliphatic heterocycles. The standard InChI is InChI=1S/C14H22N5O7P.C2H6/c1-24-27(23,7-10(20)21)6-2-3-25-4-5-26-9-19-8-16-11-12(19)17-14(15)18-13(11)22;1-2/h8H,2-7,9H2,1H3,(H,20,21)(H3,15,17,18,22);1-2H3. The monoisotopic (exact) mass is 433 g/mol. The number of nitrogen functional groups attached to an aromatic ring is 1. The number of H-pyrrole nitrogens is 1. The largest absolute Gasteiger partial charge is 0.481 e. The van der Waals surface area contributed by atoms with Crippen LogP contribution in [-0.2, 0) is 30.1 Å². The number of nitrogens with one attached hydrogen (secondary N) is 1. The quantitative estimate of drug-likeness (QED) is 0.325. The Balaban J connectivity index is 0.00000204. The topological polar surface area (TPSA) is 172 Å². The number of anilines is 1. The first kappa shape index (κ1) is 24.8. The molecular formula is C16H28N5O7P. The fourth-order valence-electron chi connectivity index (χ4n) is 2.30. The van der Waals surface area contributed by atoms with Crippen LogP contribution < -0.4 is 11.3 Å². The number of aromatic nitrogens is 4. The highest BCUT2D eigenvalue weighted by atomic mass is 31.2. The molecule has 1 atom stereocenters. The van der Waals surface area contributed by atoms with E-state index in [4.69, 9.17) is 24.8 Å². The number of hydrogen-bond acceptors (Lipinski definition) is 9. The number of fused-ring (bicyclic) bond motifs is 1. The van der Waals surface area contributed by atoms with Gasteiger partial charge in [-0.2, -0.15) is 4.98 Å². The van der Waals surface area contributed by atoms with E-state index >= 15 is 0 Å². The molecular weight excluding hydrogens is 405 g/mol. The van der Waals surface area contributed by atoms with Crippen LogP contribution in [0.4, 0.5) is 5.95 Å². The van der Waals surface area contributed by atoms with Crippen LogP contribution in [-0.4, -0.2) is 69.8 Å². The third-order valence-corrected chi connectivity index (χ3v) is 6.01. The van der Waals surface area contributed by atoms with Crippen molar-refractivity contribution in [1.29, 1.82) is 0 Å². The first-order valence-corrected chi connectivity index (χ1v) is 11.1. The van der Waals surface area contributed by atoms with Crippen molar-refractivity contribution in [2.24, 2.45) is 0 Å². The van der Waals surface area contributed by atoms with Crippen LogP contribution in [0.25, 0.3) is 11.2 Å². The summed E-state index contributed by atoms with van der Waals surface area (Å²) in [7, 11) is -1.90. The van der Waals surface area contributed by atoms with Crippen LogP contribution in [0.1, 0.15) is 20.3 Å². The van der Waals surface area contributed by atoms with Gasteiger partial charge in [-0.15, -0.1) is 0 Å². The number of aliphatic carboxylic acids is 1. The minimum Gasteiger partial charge on any atom is -0.481 e. The second-order valence-corrected chi connectivity index (χ2v) is 8.37. The first-order valence-electron chi connectivity index (χ1n) is 9.06. The van der Waals surface area contributed by atoms with E-state index in [0.717, 1.165) is 0 Å². The molecule has 0 radical (unpaired) electrons. The van der Waals surface area contributed by atoms with E-state index in [1.807, 2.05) is 13.8 Å². The number of nitrogens with zero attached hydrogens (tertiary/aromatic N) is 3. The molecule has 0 aliphatic rings. The Morgan fingerprint density at radius 1 is 1.31 bits per heavy atom. The summed E-state index contributed by atoms with van der Waals surface area (Å²) in [6, 6.07) is 0. The van der Waals surface area contributed by atoms with E-state index in [0.29, 0.717) is 25.3 Å². The predicted octanol–water partition coefficient (Wildman–Crippen LogP) is 1.12. The lowest BCUT2D eigenvalue weighted by Crippen LogP contribution is -2.13. The molecule has 0 amide bonds. The van der Waals surface area contributed by atoms with Crippen molar-refractivity contribution in [3.05, 3.63) is 16.7 Å². The van der Waals surface area contributed by atoms with Crippen molar-refractivity contribution in [3.63, 3.8) is 0 Å². The molecule has 0 spiro atoms. The molecule has 2 aromatic rings. The van der Waals surface area contributed by atoms with Gasteiger partial charge in [0, 0.05) is 19.9 Å². The number of rotatable bonds is 12. The Morgan fingerprint density at radius 3 is 2.66 bits per heavy atom. The summed E-state index contributed by atoms with van der Waals surface area (Å²) >= 11 is 0. The molecule has 0 aromatic carbocycles. The molecule has 0 saturated carbocycles. The molecule has 1 unspecified atom stereocenters. The van der Waals surface area contributed by atoms with Gasteiger partial charge in [0.2, 0.25) is 13.3 Å². The Bertz CT molecular complexity index is 882. The summed E-state index contributed by atoms with van der Waals surface area (Å²) in [5.41, 5.74) is 5.59. The molecule has 2 aromatic heterocycles. The van der Waals surface area contributed by atoms with Gasteiger partial charge in [-0.25, -0.2) is 4.98 Å². The molecule has 2 heterocycles. The Labute approximate surface area is 167 Å². The zero-order valence-corrected chi connectivity index (χ0v) is 17.7. The Kier molecular flexibility index (Phi) is 10.5. The van der Waals surface area contributed by atoms with E-state index in [-0.39, 0.29) is 31.0 Å². The van der Waals surface area contributed by atoms with E-state index in [9.17, 15) is 14.2 Å². The summed E-state index contributed by atoms with van der Waals surface area (Å²) in [6.45, 7) is 4.99. The molecule has 0 bridgehead atoms. The molecule has 2 rings (SSSR count). The van der Waals surface area contributed by atoms with E-state index < -0.39 is 25.1 Å². The second-order valence-electron chi connectivity index (χ2n) is 5.61. The van der Waals surface area contributed by atoms with Gasteiger partial charge in [0.15, 0.2) is 11.2 Å². The number of hydrogen-bond donors (Lipinski definition) is 3. The van der Waals surface area contributed by atoms with Gasteiger partial charge in [-0.3, -0.25) is 23.7 Å². The van der Waals surface area contributed by atoms with Crippen molar-refractivity contribution in [2.45, 2.75) is 27.0 Å². The molecule has 29 heavy (non-hydrogen) atoms. The lowest BCUT2D eigenvalue weighted by molar-refractivity contribution is -0.134. The normalized spacial score (nSPS) is 12.9. The van der Waals surface area contributed by atoms with Crippen molar-refractivity contribution >= 4 is 30.5 Å². The third kappa shape index (κ3) is 7.94. The van der Waals surface area contributed by atoms with E-state index in [2.05, 4.69) is 15.0 Å². The molecule has 164 valence electrons. The highest BCUT2D eigenvalue weighted by Gasteiger charge is 2.24. The van der Waals surface area contributed by atoms with Crippen LogP contribution in [0.3, 0.4) is 0 Å². The summed E-state index contributed by atoms with van der Waals surface area (Å²) in [5, 5.41) is 8.72. The maximum absolute atomic E-state index is 12.1. The van der Waals surface area contributed by atoms with Gasteiger partial charge >= 0.3 is 5.97 Å². The molecule has 12 nitrogen and oxygen atoms in total. The lowest BCUT2D eigenvalue weighted by atomic mass is 10.5. The van der Waals surface area contributed by atoms with Gasteiger partial charge in [0.1, 0.15) is 12.9 Å². The fourth-order valence-corrected chi connectivity index (χ4v) is 3.79. The van der Waals surface area contributed by atoms with Gasteiger partial charge in [0.05, 0.1) is 19.5 Å². The van der Waals surface area contributed by atoms with Crippen LogP contribution in [0.5, 0.6) is 0 Å². The molecule has 0 aliphatic carbocycles. The summed E-state index contributed by atoms with van der Waals surface area (Å²) in [4.78, 5) is 32.7. The van der Waals surface area contributed by atoms with Gasteiger partial charge < -0.3 is 24.8 Å². The smallest absolute Gasteiger partial charge is 0.313 e. The zero-order chi connectivity index (χ0) is 21.9. The minimum absolute atomic E-state index is 0.00571. The minimum atomic E-state index is -3.15. The Morgan fingerprint density at radius 2 is 2.00 bits per heavy atom. The molecule has 4 N–H and O–H groups in total. The predicted molar refractivity (Wildman–Crippen MR) is 107 cm³/mol. The molecule has 0 fully saturated rings. The van der Waals surface area contributed by atoms with Crippen LogP contribution in [0.15, 0.2) is 11.1 Å². The Hall–Kier alpha value is -2.27.